The lowest BCUT2D eigenvalue weighted by Crippen LogP contribution is -2.35. The van der Waals surface area contributed by atoms with E-state index in [0.717, 1.165) is 11.3 Å². The molecule has 0 aliphatic heterocycles. The average Bonchev–Trinajstić information content (AvgIpc) is 3.04. The summed E-state index contributed by atoms with van der Waals surface area (Å²) in [5.41, 5.74) is 0.761. The summed E-state index contributed by atoms with van der Waals surface area (Å²) in [6.07, 6.45) is 1.39. The predicted octanol–water partition coefficient (Wildman–Crippen LogP) is 2.02. The molecule has 28 heavy (non-hydrogen) atoms. The molecule has 0 unspecified atom stereocenters. The number of carbonyl (C=O) groups excluding carboxylic acids is 2. The number of ether oxygens (including phenoxy) is 1. The molecule has 0 aliphatic carbocycles. The zero-order valence-corrected chi connectivity index (χ0v) is 16.0. The van der Waals surface area contributed by atoms with Crippen molar-refractivity contribution >= 4 is 39.1 Å². The quantitative estimate of drug-likeness (QED) is 0.483. The molecule has 0 aliphatic rings. The molecule has 0 radical (unpaired) electrons. The average molecular weight is 396 g/mol. The fourth-order valence-electron chi connectivity index (χ4n) is 2.68. The molecule has 1 aromatic carbocycles. The smallest absolute Gasteiger partial charge is 0.349 e. The Morgan fingerprint density at radius 3 is 2.71 bits per heavy atom. The number of hydrogen-bond acceptors (Lipinski definition) is 7. The number of aromatic nitrogens is 2. The molecule has 0 bridgehead atoms. The zero-order chi connectivity index (χ0) is 20.3. The van der Waals surface area contributed by atoms with Crippen molar-refractivity contribution in [3.8, 4) is 6.07 Å². The van der Waals surface area contributed by atoms with Gasteiger partial charge >= 0.3 is 5.97 Å². The van der Waals surface area contributed by atoms with Crippen LogP contribution in [0.3, 0.4) is 0 Å². The van der Waals surface area contributed by atoms with Crippen LogP contribution in [-0.4, -0.2) is 34.6 Å². The number of fused-ring (bicyclic) bond motifs is 1. The third-order valence-corrected chi connectivity index (χ3v) is 5.30. The molecule has 2 heterocycles. The molecule has 0 atom stereocenters. The summed E-state index contributed by atoms with van der Waals surface area (Å²) in [5.74, 6) is -1.23. The van der Waals surface area contributed by atoms with Crippen molar-refractivity contribution in [3.05, 3.63) is 57.5 Å². The maximum absolute atomic E-state index is 12.5. The molecule has 8 nitrogen and oxygen atoms in total. The first-order valence-electron chi connectivity index (χ1n) is 8.28. The topological polar surface area (TPSA) is 105 Å². The molecule has 0 saturated heterocycles. The van der Waals surface area contributed by atoms with Crippen LogP contribution >= 0.6 is 11.3 Å². The predicted molar refractivity (Wildman–Crippen MR) is 104 cm³/mol. The lowest BCUT2D eigenvalue weighted by Gasteiger charge is -2.19. The third kappa shape index (κ3) is 3.63. The van der Waals surface area contributed by atoms with E-state index in [9.17, 15) is 14.4 Å². The van der Waals surface area contributed by atoms with Gasteiger partial charge in [0.15, 0.2) is 6.61 Å². The molecule has 0 N–H and O–H groups in total. The largest absolute Gasteiger partial charge is 0.451 e. The van der Waals surface area contributed by atoms with Crippen LogP contribution in [-0.2, 0) is 16.6 Å². The van der Waals surface area contributed by atoms with Gasteiger partial charge in [-0.15, -0.1) is 11.3 Å². The van der Waals surface area contributed by atoms with Crippen LogP contribution in [0.4, 0.5) is 5.69 Å². The highest BCUT2D eigenvalue weighted by Gasteiger charge is 2.22. The molecule has 0 fully saturated rings. The Kier molecular flexibility index (Phi) is 5.52. The highest BCUT2D eigenvalue weighted by Crippen LogP contribution is 2.27. The number of nitrogens with zero attached hydrogens (tertiary/aromatic N) is 4. The minimum absolute atomic E-state index is 0.164. The van der Waals surface area contributed by atoms with Crippen LogP contribution in [0.5, 0.6) is 0 Å². The summed E-state index contributed by atoms with van der Waals surface area (Å²) < 4.78 is 6.49. The second kappa shape index (κ2) is 8.02. The van der Waals surface area contributed by atoms with Gasteiger partial charge < -0.3 is 9.30 Å². The molecule has 3 aromatic rings. The van der Waals surface area contributed by atoms with Crippen molar-refractivity contribution in [2.45, 2.75) is 6.92 Å². The minimum atomic E-state index is -0.708. The maximum atomic E-state index is 12.5. The van der Waals surface area contributed by atoms with Gasteiger partial charge in [-0.1, -0.05) is 18.2 Å². The van der Waals surface area contributed by atoms with Gasteiger partial charge in [-0.3, -0.25) is 14.5 Å². The number of amides is 1. The van der Waals surface area contributed by atoms with E-state index in [4.69, 9.17) is 10.00 Å². The number of aryl methyl sites for hydroxylation is 2. The summed E-state index contributed by atoms with van der Waals surface area (Å²) in [6.45, 7) is 0.961. The number of benzene rings is 1. The van der Waals surface area contributed by atoms with Crippen LogP contribution < -0.4 is 10.5 Å². The molecule has 9 heteroatoms. The fraction of sp³-hybridized carbons (Fsp3) is 0.211. The lowest BCUT2D eigenvalue weighted by atomic mass is 10.2. The van der Waals surface area contributed by atoms with Crippen LogP contribution in [0.1, 0.15) is 15.2 Å². The fourth-order valence-corrected chi connectivity index (χ4v) is 3.71. The van der Waals surface area contributed by atoms with Crippen molar-refractivity contribution in [1.82, 2.24) is 9.55 Å². The van der Waals surface area contributed by atoms with Crippen molar-refractivity contribution in [2.75, 3.05) is 18.1 Å². The van der Waals surface area contributed by atoms with E-state index in [-0.39, 0.29) is 17.0 Å². The van der Waals surface area contributed by atoms with Crippen molar-refractivity contribution in [1.29, 1.82) is 5.26 Å². The van der Waals surface area contributed by atoms with E-state index >= 15 is 0 Å². The van der Waals surface area contributed by atoms with E-state index in [0.29, 0.717) is 21.5 Å². The molecular weight excluding hydrogens is 380 g/mol. The Morgan fingerprint density at radius 1 is 1.32 bits per heavy atom. The van der Waals surface area contributed by atoms with Crippen LogP contribution in [0.2, 0.25) is 0 Å². The Morgan fingerprint density at radius 2 is 2.04 bits per heavy atom. The van der Waals surface area contributed by atoms with E-state index in [1.54, 1.807) is 44.3 Å². The van der Waals surface area contributed by atoms with Crippen molar-refractivity contribution in [2.24, 2.45) is 7.05 Å². The number of esters is 1. The monoisotopic (exact) mass is 396 g/mol. The third-order valence-electron chi connectivity index (χ3n) is 4.12. The summed E-state index contributed by atoms with van der Waals surface area (Å²) in [7, 11) is 1.58. The minimum Gasteiger partial charge on any atom is -0.451 e. The van der Waals surface area contributed by atoms with Gasteiger partial charge in [-0.25, -0.2) is 9.78 Å². The normalized spacial score (nSPS) is 10.5. The van der Waals surface area contributed by atoms with Crippen LogP contribution in [0.15, 0.2) is 41.5 Å². The molecule has 2 aromatic heterocycles. The molecule has 0 saturated carbocycles. The lowest BCUT2D eigenvalue weighted by molar-refractivity contribution is -0.121. The highest BCUT2D eigenvalue weighted by atomic mass is 32.1. The van der Waals surface area contributed by atoms with E-state index in [2.05, 4.69) is 4.98 Å². The van der Waals surface area contributed by atoms with Crippen LogP contribution in [0, 0.1) is 18.3 Å². The van der Waals surface area contributed by atoms with E-state index in [1.165, 1.54) is 15.8 Å². The SMILES string of the molecule is Cc1c(C(=O)OCC(=O)N(CC#N)c2ccccc2)sc2ncn(C)c(=O)c12. The Hall–Kier alpha value is -3.51. The molecular formula is C19H16N4O4S. The number of thiophene rings is 1. The van der Waals surface area contributed by atoms with Gasteiger partial charge in [0.1, 0.15) is 16.3 Å². The summed E-state index contributed by atoms with van der Waals surface area (Å²) in [4.78, 5) is 43.2. The van der Waals surface area contributed by atoms with Gasteiger partial charge in [0.05, 0.1) is 17.8 Å². The number of rotatable bonds is 5. The van der Waals surface area contributed by atoms with E-state index in [1.807, 2.05) is 6.07 Å². The Bertz CT molecular complexity index is 1140. The Labute approximate surface area is 164 Å². The van der Waals surface area contributed by atoms with Crippen molar-refractivity contribution < 1.29 is 14.3 Å². The number of anilines is 1. The first kappa shape index (κ1) is 19.3. The Balaban J connectivity index is 1.78. The second-order valence-electron chi connectivity index (χ2n) is 5.95. The van der Waals surface area contributed by atoms with Gasteiger partial charge in [0.25, 0.3) is 11.5 Å². The maximum Gasteiger partial charge on any atom is 0.349 e. The summed E-state index contributed by atoms with van der Waals surface area (Å²) >= 11 is 1.05. The molecule has 3 rings (SSSR count). The number of carbonyl (C=O) groups is 2. The number of nitriles is 1. The molecule has 0 spiro atoms. The summed E-state index contributed by atoms with van der Waals surface area (Å²) in [5, 5.41) is 9.34. The van der Waals surface area contributed by atoms with Crippen molar-refractivity contribution in [3.63, 3.8) is 0 Å². The second-order valence-corrected chi connectivity index (χ2v) is 6.95. The van der Waals surface area contributed by atoms with Crippen LogP contribution in [0.25, 0.3) is 10.2 Å². The first-order chi connectivity index (χ1) is 13.4. The number of para-hydroxylation sites is 1. The van der Waals surface area contributed by atoms with Gasteiger partial charge in [-0.2, -0.15) is 5.26 Å². The molecule has 1 amide bonds. The number of hydrogen-bond donors (Lipinski definition) is 0. The standard InChI is InChI=1S/C19H16N4O4S/c1-12-15-17(21-11-22(2)18(15)25)28-16(12)19(26)27-10-14(24)23(9-8-20)13-6-4-3-5-7-13/h3-7,11H,9-10H2,1-2H3. The van der Waals surface area contributed by atoms with Gasteiger partial charge in [0.2, 0.25) is 0 Å². The zero-order valence-electron chi connectivity index (χ0n) is 15.2. The highest BCUT2D eigenvalue weighted by molar-refractivity contribution is 7.20. The molecule has 142 valence electrons. The first-order valence-corrected chi connectivity index (χ1v) is 9.10. The van der Waals surface area contributed by atoms with Gasteiger partial charge in [-0.05, 0) is 24.6 Å². The van der Waals surface area contributed by atoms with E-state index < -0.39 is 18.5 Å². The van der Waals surface area contributed by atoms with Gasteiger partial charge in [0, 0.05) is 12.7 Å². The summed E-state index contributed by atoms with van der Waals surface area (Å²) in [6, 6.07) is 10.6.